The van der Waals surface area contributed by atoms with E-state index in [2.05, 4.69) is 27.5 Å². The number of urea groups is 1. The van der Waals surface area contributed by atoms with E-state index in [4.69, 9.17) is 11.6 Å². The Balaban J connectivity index is 2.29. The van der Waals surface area contributed by atoms with Gasteiger partial charge >= 0.3 is 6.03 Å². The lowest BCUT2D eigenvalue weighted by Gasteiger charge is -2.37. The van der Waals surface area contributed by atoms with Gasteiger partial charge in [0.2, 0.25) is 5.91 Å². The highest BCUT2D eigenvalue weighted by Gasteiger charge is 2.22. The number of halogens is 1. The number of amides is 3. The van der Waals surface area contributed by atoms with Crippen LogP contribution in [0.2, 0.25) is 0 Å². The summed E-state index contributed by atoms with van der Waals surface area (Å²) < 4.78 is 0. The van der Waals surface area contributed by atoms with Crippen LogP contribution in [0.15, 0.2) is 0 Å². The number of piperazine rings is 1. The van der Waals surface area contributed by atoms with Crippen LogP contribution in [0.4, 0.5) is 4.79 Å². The summed E-state index contributed by atoms with van der Waals surface area (Å²) in [6, 6.07) is -0.220. The van der Waals surface area contributed by atoms with Crippen LogP contribution in [0, 0.1) is 0 Å². The lowest BCUT2D eigenvalue weighted by Crippen LogP contribution is -2.55. The maximum atomic E-state index is 11.3. The molecular weight excluding hydrogens is 244 g/mol. The Morgan fingerprint density at radius 3 is 2.71 bits per heavy atom. The summed E-state index contributed by atoms with van der Waals surface area (Å²) in [4.78, 5) is 26.6. The molecule has 1 fully saturated rings. The van der Waals surface area contributed by atoms with E-state index in [9.17, 15) is 9.59 Å². The Morgan fingerprint density at radius 2 is 2.06 bits per heavy atom. The van der Waals surface area contributed by atoms with Gasteiger partial charge in [-0.2, -0.15) is 0 Å². The second kappa shape index (κ2) is 6.78. The molecule has 0 bridgehead atoms. The second-order valence-corrected chi connectivity index (χ2v) is 4.56. The molecule has 0 aliphatic carbocycles. The monoisotopic (exact) mass is 262 g/mol. The minimum Gasteiger partial charge on any atom is -0.336 e. The Kier molecular flexibility index (Phi) is 5.67. The summed E-state index contributed by atoms with van der Waals surface area (Å²) in [7, 11) is 4.08. The molecule has 0 radical (unpaired) electrons. The van der Waals surface area contributed by atoms with Crippen molar-refractivity contribution in [3.8, 4) is 0 Å². The number of alkyl halides is 1. The fraction of sp³-hybridized carbons (Fsp3) is 0.800. The van der Waals surface area contributed by atoms with Gasteiger partial charge in [-0.15, -0.1) is 11.6 Å². The molecule has 0 aromatic carbocycles. The largest absolute Gasteiger partial charge is 0.336 e. The molecule has 1 aliphatic rings. The number of nitrogens with zero attached hydrogens (tertiary/aromatic N) is 2. The van der Waals surface area contributed by atoms with Crippen LogP contribution in [0.3, 0.4) is 0 Å². The van der Waals surface area contributed by atoms with E-state index in [-0.39, 0.29) is 11.9 Å². The number of rotatable bonds is 3. The van der Waals surface area contributed by atoms with Gasteiger partial charge in [0.15, 0.2) is 0 Å². The number of hydrogen-bond acceptors (Lipinski definition) is 4. The molecule has 6 nitrogen and oxygen atoms in total. The summed E-state index contributed by atoms with van der Waals surface area (Å²) >= 11 is 5.28. The van der Waals surface area contributed by atoms with Crippen molar-refractivity contribution < 1.29 is 9.59 Å². The predicted molar refractivity (Wildman–Crippen MR) is 66.2 cm³/mol. The molecular formula is C10H19ClN4O2. The molecule has 3 amide bonds. The highest BCUT2D eigenvalue weighted by molar-refractivity contribution is 6.28. The Morgan fingerprint density at radius 1 is 1.35 bits per heavy atom. The molecule has 1 unspecified atom stereocenters. The average molecular weight is 263 g/mol. The van der Waals surface area contributed by atoms with E-state index in [1.807, 2.05) is 7.05 Å². The number of imide groups is 1. The zero-order valence-corrected chi connectivity index (χ0v) is 11.0. The standard InChI is InChI=1S/C10H19ClN4O2/c1-14-3-4-15(2)8(7-14)6-12-10(17)13-9(16)5-11/h8H,3-7H2,1-2H3,(H2,12,13,16,17). The number of hydrogen-bond donors (Lipinski definition) is 2. The van der Waals surface area contributed by atoms with Gasteiger partial charge in [0.25, 0.3) is 0 Å². The average Bonchev–Trinajstić information content (AvgIpc) is 2.30. The second-order valence-electron chi connectivity index (χ2n) is 4.29. The third kappa shape index (κ3) is 4.89. The van der Waals surface area contributed by atoms with Crippen LogP contribution in [-0.4, -0.2) is 73.9 Å². The number of nitrogens with one attached hydrogen (secondary N) is 2. The Bertz CT molecular complexity index is 287. The minimum absolute atomic E-state index is 0.209. The molecule has 1 aliphatic heterocycles. The van der Waals surface area contributed by atoms with Gasteiger partial charge in [0.1, 0.15) is 5.88 Å². The van der Waals surface area contributed by atoms with Crippen molar-refractivity contribution in [3.05, 3.63) is 0 Å². The summed E-state index contributed by atoms with van der Waals surface area (Å²) in [6.07, 6.45) is 0. The fourth-order valence-corrected chi connectivity index (χ4v) is 1.80. The molecule has 7 heteroatoms. The third-order valence-corrected chi connectivity index (χ3v) is 3.10. The van der Waals surface area contributed by atoms with Crippen molar-refractivity contribution in [1.29, 1.82) is 0 Å². The van der Waals surface area contributed by atoms with E-state index in [1.54, 1.807) is 0 Å². The first-order valence-corrected chi connectivity index (χ1v) is 6.08. The van der Waals surface area contributed by atoms with Gasteiger partial charge in [-0.1, -0.05) is 0 Å². The zero-order chi connectivity index (χ0) is 12.8. The molecule has 0 spiro atoms. The van der Waals surface area contributed by atoms with Gasteiger partial charge < -0.3 is 10.2 Å². The SMILES string of the molecule is CN1CCN(C)C(CNC(=O)NC(=O)CCl)C1. The van der Waals surface area contributed by atoms with E-state index in [0.717, 1.165) is 19.6 Å². The normalized spacial score (nSPS) is 22.2. The molecule has 0 aromatic heterocycles. The first-order valence-electron chi connectivity index (χ1n) is 5.55. The molecule has 0 saturated carbocycles. The summed E-state index contributed by atoms with van der Waals surface area (Å²) in [6.45, 7) is 3.43. The summed E-state index contributed by atoms with van der Waals surface area (Å²) in [5, 5.41) is 4.81. The van der Waals surface area contributed by atoms with Crippen molar-refractivity contribution in [2.75, 3.05) is 46.2 Å². The van der Waals surface area contributed by atoms with Crippen molar-refractivity contribution in [1.82, 2.24) is 20.4 Å². The fourth-order valence-electron chi connectivity index (χ4n) is 1.74. The summed E-state index contributed by atoms with van der Waals surface area (Å²) in [5.41, 5.74) is 0. The van der Waals surface area contributed by atoms with Crippen molar-refractivity contribution >= 4 is 23.5 Å². The van der Waals surface area contributed by atoms with Crippen LogP contribution in [-0.2, 0) is 4.79 Å². The van der Waals surface area contributed by atoms with Crippen LogP contribution >= 0.6 is 11.6 Å². The topological polar surface area (TPSA) is 64.7 Å². The van der Waals surface area contributed by atoms with Gasteiger partial charge in [-0.25, -0.2) is 4.79 Å². The van der Waals surface area contributed by atoms with Crippen LogP contribution in [0.5, 0.6) is 0 Å². The predicted octanol–water partition coefficient (Wildman–Crippen LogP) is -0.703. The van der Waals surface area contributed by atoms with Gasteiger partial charge in [0.05, 0.1) is 0 Å². The van der Waals surface area contributed by atoms with Crippen LogP contribution < -0.4 is 10.6 Å². The smallest absolute Gasteiger partial charge is 0.321 e. The highest BCUT2D eigenvalue weighted by atomic mass is 35.5. The van der Waals surface area contributed by atoms with E-state index < -0.39 is 11.9 Å². The Hall–Kier alpha value is -0.850. The molecule has 0 aromatic rings. The molecule has 1 atom stereocenters. The number of carbonyl (C=O) groups is 2. The van der Waals surface area contributed by atoms with Gasteiger partial charge in [-0.05, 0) is 14.1 Å². The van der Waals surface area contributed by atoms with Gasteiger partial charge in [-0.3, -0.25) is 15.0 Å². The van der Waals surface area contributed by atoms with Crippen LogP contribution in [0.25, 0.3) is 0 Å². The van der Waals surface area contributed by atoms with E-state index >= 15 is 0 Å². The highest BCUT2D eigenvalue weighted by Crippen LogP contribution is 2.04. The maximum absolute atomic E-state index is 11.3. The quantitative estimate of drug-likeness (QED) is 0.660. The van der Waals surface area contributed by atoms with E-state index in [0.29, 0.717) is 6.54 Å². The van der Waals surface area contributed by atoms with Gasteiger partial charge in [0, 0.05) is 32.2 Å². The molecule has 17 heavy (non-hydrogen) atoms. The van der Waals surface area contributed by atoms with Crippen molar-refractivity contribution in [2.24, 2.45) is 0 Å². The lowest BCUT2D eigenvalue weighted by atomic mass is 10.2. The first-order chi connectivity index (χ1) is 8.02. The summed E-state index contributed by atoms with van der Waals surface area (Å²) in [5.74, 6) is -0.697. The van der Waals surface area contributed by atoms with Crippen molar-refractivity contribution in [2.45, 2.75) is 6.04 Å². The molecule has 1 rings (SSSR count). The molecule has 98 valence electrons. The number of likely N-dealkylation sites (N-methyl/N-ethyl adjacent to an activating group) is 2. The van der Waals surface area contributed by atoms with Crippen LogP contribution in [0.1, 0.15) is 0 Å². The number of carbonyl (C=O) groups excluding carboxylic acids is 2. The zero-order valence-electron chi connectivity index (χ0n) is 10.2. The minimum atomic E-state index is -0.489. The Labute approximate surface area is 106 Å². The maximum Gasteiger partial charge on any atom is 0.321 e. The van der Waals surface area contributed by atoms with E-state index in [1.165, 1.54) is 0 Å². The molecule has 1 saturated heterocycles. The first kappa shape index (κ1) is 14.2. The molecule has 2 N–H and O–H groups in total. The third-order valence-electron chi connectivity index (χ3n) is 2.85. The lowest BCUT2D eigenvalue weighted by molar-refractivity contribution is -0.117. The molecule has 1 heterocycles. The van der Waals surface area contributed by atoms with Crippen molar-refractivity contribution in [3.63, 3.8) is 0 Å².